The first-order valence-corrected chi connectivity index (χ1v) is 6.87. The van der Waals surface area contributed by atoms with Crippen LogP contribution in [0.2, 0.25) is 0 Å². The predicted octanol–water partition coefficient (Wildman–Crippen LogP) is 2.99. The summed E-state index contributed by atoms with van der Waals surface area (Å²) in [4.78, 5) is 23.5. The van der Waals surface area contributed by atoms with Gasteiger partial charge in [-0.05, 0) is 48.1 Å². The summed E-state index contributed by atoms with van der Waals surface area (Å²) in [6.45, 7) is 0. The van der Waals surface area contributed by atoms with Crippen molar-refractivity contribution >= 4 is 23.7 Å². The third kappa shape index (κ3) is 4.59. The van der Waals surface area contributed by atoms with Crippen LogP contribution in [0.15, 0.2) is 54.7 Å². The van der Waals surface area contributed by atoms with Crippen LogP contribution in [-0.2, 0) is 16.6 Å². The number of phenols is 1. The lowest BCUT2D eigenvalue weighted by Gasteiger charge is -1.96. The summed E-state index contributed by atoms with van der Waals surface area (Å²) in [6, 6.07) is 10.2. The standard InChI is InChI=1S/C18H17NO3/c1-19-12-2-3-15(19)7-11-18(22)13-17(21)10-6-14-4-8-16(20)9-5-14/h2-12,20H,13H2,1H3. The molecule has 0 saturated heterocycles. The van der Waals surface area contributed by atoms with Gasteiger partial charge in [0.25, 0.3) is 0 Å². The fraction of sp³-hybridized carbons (Fsp3) is 0.111. The van der Waals surface area contributed by atoms with E-state index in [4.69, 9.17) is 5.11 Å². The Kier molecular flexibility index (Phi) is 5.09. The Morgan fingerprint density at radius 2 is 1.68 bits per heavy atom. The van der Waals surface area contributed by atoms with Crippen molar-refractivity contribution < 1.29 is 14.7 Å². The third-order valence-corrected chi connectivity index (χ3v) is 3.13. The summed E-state index contributed by atoms with van der Waals surface area (Å²) in [7, 11) is 1.88. The van der Waals surface area contributed by atoms with E-state index in [0.717, 1.165) is 11.3 Å². The molecule has 0 aliphatic rings. The van der Waals surface area contributed by atoms with Gasteiger partial charge < -0.3 is 9.67 Å². The minimum absolute atomic E-state index is 0.157. The number of hydrogen-bond acceptors (Lipinski definition) is 3. The molecule has 0 fully saturated rings. The second kappa shape index (κ2) is 7.22. The van der Waals surface area contributed by atoms with Crippen molar-refractivity contribution in [2.24, 2.45) is 7.05 Å². The van der Waals surface area contributed by atoms with Gasteiger partial charge in [-0.15, -0.1) is 0 Å². The zero-order valence-electron chi connectivity index (χ0n) is 12.3. The lowest BCUT2D eigenvalue weighted by Crippen LogP contribution is -2.02. The van der Waals surface area contributed by atoms with E-state index in [0.29, 0.717) is 0 Å². The highest BCUT2D eigenvalue weighted by molar-refractivity contribution is 6.10. The third-order valence-electron chi connectivity index (χ3n) is 3.13. The van der Waals surface area contributed by atoms with Gasteiger partial charge in [0.2, 0.25) is 0 Å². The molecule has 1 aromatic heterocycles. The Morgan fingerprint density at radius 3 is 2.27 bits per heavy atom. The van der Waals surface area contributed by atoms with E-state index in [2.05, 4.69) is 0 Å². The molecule has 0 bridgehead atoms. The van der Waals surface area contributed by atoms with Crippen molar-refractivity contribution in [3.05, 3.63) is 66.0 Å². The molecule has 2 rings (SSSR count). The van der Waals surface area contributed by atoms with Gasteiger partial charge >= 0.3 is 0 Å². The average molecular weight is 295 g/mol. The highest BCUT2D eigenvalue weighted by atomic mass is 16.3. The summed E-state index contributed by atoms with van der Waals surface area (Å²) >= 11 is 0. The van der Waals surface area contributed by atoms with E-state index in [9.17, 15) is 9.59 Å². The Hall–Kier alpha value is -2.88. The highest BCUT2D eigenvalue weighted by Crippen LogP contribution is 2.11. The summed E-state index contributed by atoms with van der Waals surface area (Å²) in [5, 5.41) is 9.16. The predicted molar refractivity (Wildman–Crippen MR) is 86.2 cm³/mol. The van der Waals surface area contributed by atoms with Gasteiger partial charge in [-0.25, -0.2) is 0 Å². The molecule has 2 aromatic rings. The van der Waals surface area contributed by atoms with Crippen LogP contribution in [0.4, 0.5) is 0 Å². The van der Waals surface area contributed by atoms with Crippen LogP contribution in [0, 0.1) is 0 Å². The number of hydrogen-bond donors (Lipinski definition) is 1. The number of carbonyl (C=O) groups is 2. The van der Waals surface area contributed by atoms with Gasteiger partial charge in [0.05, 0.1) is 6.42 Å². The van der Waals surface area contributed by atoms with Crippen molar-refractivity contribution in [2.45, 2.75) is 6.42 Å². The Bertz CT molecular complexity index is 721. The van der Waals surface area contributed by atoms with Gasteiger partial charge in [0.15, 0.2) is 11.6 Å². The zero-order chi connectivity index (χ0) is 15.9. The molecule has 0 atom stereocenters. The molecule has 0 aliphatic heterocycles. The van der Waals surface area contributed by atoms with Crippen molar-refractivity contribution in [3.8, 4) is 5.75 Å². The molecule has 0 radical (unpaired) electrons. The Morgan fingerprint density at radius 1 is 1.05 bits per heavy atom. The monoisotopic (exact) mass is 295 g/mol. The topological polar surface area (TPSA) is 59.3 Å². The molecule has 0 aliphatic carbocycles. The first kappa shape index (κ1) is 15.5. The Labute approximate surface area is 129 Å². The minimum atomic E-state index is -0.255. The van der Waals surface area contributed by atoms with Crippen LogP contribution >= 0.6 is 0 Å². The van der Waals surface area contributed by atoms with Crippen LogP contribution in [0.3, 0.4) is 0 Å². The molecule has 22 heavy (non-hydrogen) atoms. The lowest BCUT2D eigenvalue weighted by molar-refractivity contribution is -0.121. The van der Waals surface area contributed by atoms with Crippen molar-refractivity contribution in [2.75, 3.05) is 0 Å². The quantitative estimate of drug-likeness (QED) is 0.658. The van der Waals surface area contributed by atoms with E-state index >= 15 is 0 Å². The van der Waals surface area contributed by atoms with Crippen LogP contribution in [0.25, 0.3) is 12.2 Å². The second-order valence-corrected chi connectivity index (χ2v) is 4.91. The van der Waals surface area contributed by atoms with E-state index in [1.807, 2.05) is 29.9 Å². The van der Waals surface area contributed by atoms with Gasteiger partial charge in [0.1, 0.15) is 5.75 Å². The van der Waals surface area contributed by atoms with Gasteiger partial charge in [-0.3, -0.25) is 9.59 Å². The van der Waals surface area contributed by atoms with Crippen LogP contribution in [0.5, 0.6) is 5.75 Å². The normalized spacial score (nSPS) is 11.3. The number of carbonyl (C=O) groups excluding carboxylic acids is 2. The van der Waals surface area contributed by atoms with E-state index in [1.165, 1.54) is 24.3 Å². The highest BCUT2D eigenvalue weighted by Gasteiger charge is 2.04. The van der Waals surface area contributed by atoms with Gasteiger partial charge in [0, 0.05) is 18.9 Å². The molecule has 0 amide bonds. The van der Waals surface area contributed by atoms with Crippen molar-refractivity contribution in [1.29, 1.82) is 0 Å². The number of allylic oxidation sites excluding steroid dienone is 2. The number of rotatable bonds is 6. The fourth-order valence-corrected chi connectivity index (χ4v) is 1.89. The lowest BCUT2D eigenvalue weighted by atomic mass is 10.1. The van der Waals surface area contributed by atoms with Gasteiger partial charge in [-0.2, -0.15) is 0 Å². The maximum absolute atomic E-state index is 11.7. The maximum atomic E-state index is 11.7. The molecule has 112 valence electrons. The summed E-state index contributed by atoms with van der Waals surface area (Å²) < 4.78 is 1.89. The van der Waals surface area contributed by atoms with Crippen LogP contribution < -0.4 is 0 Å². The van der Waals surface area contributed by atoms with Crippen LogP contribution in [-0.4, -0.2) is 21.2 Å². The Balaban J connectivity index is 1.88. The van der Waals surface area contributed by atoms with Crippen molar-refractivity contribution in [1.82, 2.24) is 4.57 Å². The zero-order valence-corrected chi connectivity index (χ0v) is 12.3. The number of aryl methyl sites for hydroxylation is 1. The number of phenolic OH excluding ortho intramolecular Hbond substituents is 1. The molecule has 4 nitrogen and oxygen atoms in total. The van der Waals surface area contributed by atoms with E-state index in [-0.39, 0.29) is 23.7 Å². The molecule has 4 heteroatoms. The smallest absolute Gasteiger partial charge is 0.163 e. The molecule has 0 spiro atoms. The molecular formula is C18H17NO3. The summed E-state index contributed by atoms with van der Waals surface area (Å²) in [6.07, 6.45) is 7.84. The molecule has 0 saturated carbocycles. The molecule has 1 heterocycles. The second-order valence-electron chi connectivity index (χ2n) is 4.91. The summed E-state index contributed by atoms with van der Waals surface area (Å²) in [5.74, 6) is -0.319. The number of ketones is 2. The van der Waals surface area contributed by atoms with Crippen LogP contribution in [0.1, 0.15) is 17.7 Å². The molecule has 0 unspecified atom stereocenters. The minimum Gasteiger partial charge on any atom is -0.508 e. The van der Waals surface area contributed by atoms with E-state index in [1.54, 1.807) is 24.3 Å². The SMILES string of the molecule is Cn1cccc1C=CC(=O)CC(=O)C=Cc1ccc(O)cc1. The van der Waals surface area contributed by atoms with Gasteiger partial charge in [-0.1, -0.05) is 18.2 Å². The average Bonchev–Trinajstić information content (AvgIpc) is 2.90. The maximum Gasteiger partial charge on any atom is 0.163 e. The molecular weight excluding hydrogens is 278 g/mol. The number of nitrogens with zero attached hydrogens (tertiary/aromatic N) is 1. The largest absolute Gasteiger partial charge is 0.508 e. The van der Waals surface area contributed by atoms with E-state index < -0.39 is 0 Å². The number of benzene rings is 1. The van der Waals surface area contributed by atoms with Crippen molar-refractivity contribution in [3.63, 3.8) is 0 Å². The fourth-order valence-electron chi connectivity index (χ4n) is 1.89. The molecule has 1 aromatic carbocycles. The first-order chi connectivity index (χ1) is 10.5. The number of aromatic nitrogens is 1. The first-order valence-electron chi connectivity index (χ1n) is 6.87. The number of aromatic hydroxyl groups is 1. The summed E-state index contributed by atoms with van der Waals surface area (Å²) in [5.41, 5.74) is 1.69. The molecule has 1 N–H and O–H groups in total.